The second-order valence-electron chi connectivity index (χ2n) is 10.1. The van der Waals surface area contributed by atoms with E-state index in [1.807, 2.05) is 30.3 Å². The van der Waals surface area contributed by atoms with Crippen molar-refractivity contribution >= 4 is 35.6 Å². The number of methoxy groups -OCH3 is 1. The molecule has 16 heteroatoms. The quantitative estimate of drug-likeness (QED) is 0.0512. The van der Waals surface area contributed by atoms with Crippen molar-refractivity contribution in [1.29, 1.82) is 5.26 Å². The number of benzene rings is 1. The molecule has 14 nitrogen and oxygen atoms in total. The van der Waals surface area contributed by atoms with E-state index < -0.39 is 11.8 Å². The summed E-state index contributed by atoms with van der Waals surface area (Å²) in [6.45, 7) is 5.27. The van der Waals surface area contributed by atoms with E-state index in [9.17, 15) is 19.6 Å². The van der Waals surface area contributed by atoms with Crippen molar-refractivity contribution in [3.63, 3.8) is 0 Å². The number of hydrogen-bond acceptors (Lipinski definition) is 12. The largest absolute Gasteiger partial charge is 0.528 e. The number of nitrogens with zero attached hydrogens (tertiary/aromatic N) is 3. The molecule has 0 bridgehead atoms. The maximum absolute atomic E-state index is 13.3. The Labute approximate surface area is 315 Å². The number of aromatic nitrogens is 1. The maximum atomic E-state index is 13.3. The van der Waals surface area contributed by atoms with Gasteiger partial charge in [0, 0.05) is 82.3 Å². The van der Waals surface area contributed by atoms with E-state index in [1.165, 1.54) is 17.4 Å². The van der Waals surface area contributed by atoms with Gasteiger partial charge in [0.1, 0.15) is 22.4 Å². The Morgan fingerprint density at radius 2 is 1.54 bits per heavy atom. The molecule has 1 aliphatic heterocycles. The number of carbonyl (C=O) groups excluding carboxylic acids is 3. The average molecular weight is 832 g/mol. The summed E-state index contributed by atoms with van der Waals surface area (Å²) in [6, 6.07) is 9.43. The van der Waals surface area contributed by atoms with E-state index in [1.54, 1.807) is 30.0 Å². The summed E-state index contributed by atoms with van der Waals surface area (Å²) < 4.78 is 32.4. The monoisotopic (exact) mass is 831 g/mol. The van der Waals surface area contributed by atoms with Crippen molar-refractivity contribution < 1.29 is 81.4 Å². The standard InChI is InChI=1S/C32H42N5O9S.Tb/c1-41-27-4-2-25(3-5-27)28-22-37(32(40)26(21-33)20-30-35-8-19-47-30)23-29(28)31(39)36-7-10-43-12-14-45-16-18-46-17-15-44-13-11-42-9-6-34-24-38;/h2-5,8,19-20,28-29H,6-7,9-18,22-23H2,1H3,(H,34,38)(H,36,39);/q-1;/b26-20+;/t28-,29+;/m0./s1. The second-order valence-corrected chi connectivity index (χ2v) is 11.0. The van der Waals surface area contributed by atoms with Crippen LogP contribution in [0.2, 0.25) is 0 Å². The summed E-state index contributed by atoms with van der Waals surface area (Å²) in [5.41, 5.74) is 0.878. The van der Waals surface area contributed by atoms with Gasteiger partial charge in [-0.25, -0.2) is 4.98 Å². The zero-order valence-electron chi connectivity index (χ0n) is 26.9. The first kappa shape index (κ1) is 41.5. The number of nitrogens with one attached hydrogen (secondary N) is 2. The minimum absolute atomic E-state index is 0. The van der Waals surface area contributed by atoms with Gasteiger partial charge in [0.2, 0.25) is 5.91 Å². The van der Waals surface area contributed by atoms with Crippen LogP contribution in [0.1, 0.15) is 16.5 Å². The number of carbonyl (C=O) groups is 2. The van der Waals surface area contributed by atoms with Crippen molar-refractivity contribution in [2.24, 2.45) is 5.92 Å². The van der Waals surface area contributed by atoms with E-state index in [2.05, 4.69) is 15.6 Å². The normalized spacial score (nSPS) is 15.8. The Morgan fingerprint density at radius 3 is 2.06 bits per heavy atom. The smallest absolute Gasteiger partial charge is 0.264 e. The van der Waals surface area contributed by atoms with Crippen molar-refractivity contribution in [2.45, 2.75) is 5.92 Å². The van der Waals surface area contributed by atoms with Gasteiger partial charge in [-0.3, -0.25) is 9.59 Å². The molecule has 0 saturated carbocycles. The third-order valence-electron chi connectivity index (χ3n) is 7.04. The van der Waals surface area contributed by atoms with Gasteiger partial charge in [-0.2, -0.15) is 11.7 Å². The minimum Gasteiger partial charge on any atom is -0.528 e. The Hall–Kier alpha value is -2.62. The number of rotatable bonds is 24. The summed E-state index contributed by atoms with van der Waals surface area (Å²) in [4.78, 5) is 42.3. The van der Waals surface area contributed by atoms with Crippen molar-refractivity contribution in [3.8, 4) is 11.8 Å². The Balaban J connectivity index is 0.00000800. The number of hydrogen-bond donors (Lipinski definition) is 2. The fraction of sp³-hybridized carbons (Fsp3) is 0.531. The Morgan fingerprint density at radius 1 is 0.958 bits per heavy atom. The van der Waals surface area contributed by atoms with Gasteiger partial charge < -0.3 is 48.7 Å². The van der Waals surface area contributed by atoms with Crippen LogP contribution in [0.4, 0.5) is 0 Å². The summed E-state index contributed by atoms with van der Waals surface area (Å²) in [5, 5.41) is 17.3. The van der Waals surface area contributed by atoms with Crippen LogP contribution in [-0.4, -0.2) is 127 Å². The Kier molecular flexibility index (Phi) is 22.0. The molecule has 2 heterocycles. The first-order valence-electron chi connectivity index (χ1n) is 15.3. The van der Waals surface area contributed by atoms with Crippen LogP contribution >= 0.6 is 11.3 Å². The molecule has 1 aromatic carbocycles. The zero-order chi connectivity index (χ0) is 33.5. The van der Waals surface area contributed by atoms with Gasteiger partial charge >= 0.3 is 0 Å². The molecule has 0 spiro atoms. The molecule has 1 aromatic heterocycles. The third-order valence-corrected chi connectivity index (χ3v) is 7.76. The van der Waals surface area contributed by atoms with E-state index in [-0.39, 0.29) is 62.6 Å². The molecular weight excluding hydrogens is 789 g/mol. The van der Waals surface area contributed by atoms with E-state index >= 15 is 0 Å². The number of thiazole rings is 1. The predicted molar refractivity (Wildman–Crippen MR) is 172 cm³/mol. The first-order chi connectivity index (χ1) is 23.1. The molecule has 2 atom stereocenters. The van der Waals surface area contributed by atoms with Gasteiger partial charge in [0.15, 0.2) is 0 Å². The van der Waals surface area contributed by atoms with Crippen molar-refractivity contribution in [2.75, 3.05) is 99.4 Å². The van der Waals surface area contributed by atoms with E-state index in [4.69, 9.17) is 28.4 Å². The van der Waals surface area contributed by atoms with Gasteiger partial charge in [0.25, 0.3) is 5.91 Å². The molecule has 1 aliphatic rings. The van der Waals surface area contributed by atoms with E-state index in [0.29, 0.717) is 96.5 Å². The predicted octanol–water partition coefficient (Wildman–Crippen LogP) is 1.16. The fourth-order valence-corrected chi connectivity index (χ4v) is 5.27. The SMILES string of the molecule is COc1ccc([C@@H]2CN(C(=O)/C(C#N)=C/c3nccs3)C[C@H]2C(=O)NCCOCCOCCOCCOCCOCCN[C-]=O)cc1.[Tb]. The molecule has 0 aliphatic carbocycles. The van der Waals surface area contributed by atoms with Crippen LogP contribution in [0, 0.1) is 55.9 Å². The second kappa shape index (κ2) is 25.4. The summed E-state index contributed by atoms with van der Waals surface area (Å²) in [5.74, 6) is -0.700. The van der Waals surface area contributed by atoms with Crippen molar-refractivity contribution in [1.82, 2.24) is 20.5 Å². The van der Waals surface area contributed by atoms with Crippen LogP contribution in [0.15, 0.2) is 41.4 Å². The molecule has 0 unspecified atom stereocenters. The van der Waals surface area contributed by atoms with Crippen LogP contribution in [0.5, 0.6) is 5.75 Å². The molecular formula is C32H42N5O9STb-. The maximum Gasteiger partial charge on any atom is 0.264 e. The summed E-state index contributed by atoms with van der Waals surface area (Å²) >= 11 is 1.33. The molecule has 2 N–H and O–H groups in total. The summed E-state index contributed by atoms with van der Waals surface area (Å²) in [7, 11) is 1.58. The number of ether oxygens (including phenoxy) is 6. The molecule has 265 valence electrons. The van der Waals surface area contributed by atoms with Crippen LogP contribution < -0.4 is 15.4 Å². The third kappa shape index (κ3) is 15.3. The molecule has 1 saturated heterocycles. The fourth-order valence-electron chi connectivity index (χ4n) is 4.70. The van der Waals surface area contributed by atoms with Crippen LogP contribution in [0.25, 0.3) is 6.08 Å². The molecule has 2 aromatic rings. The molecule has 3 amide bonds. The van der Waals surface area contributed by atoms with Crippen LogP contribution in [-0.2, 0) is 38.1 Å². The zero-order valence-corrected chi connectivity index (χ0v) is 29.8. The van der Waals surface area contributed by atoms with E-state index in [0.717, 1.165) is 5.56 Å². The van der Waals surface area contributed by atoms with Gasteiger partial charge in [0.05, 0.1) is 79.1 Å². The number of amides is 3. The van der Waals surface area contributed by atoms with Crippen LogP contribution in [0.3, 0.4) is 0 Å². The average Bonchev–Trinajstić information content (AvgIpc) is 3.79. The van der Waals surface area contributed by atoms with Gasteiger partial charge in [-0.1, -0.05) is 12.1 Å². The summed E-state index contributed by atoms with van der Waals surface area (Å²) in [6.07, 6.45) is 4.66. The molecule has 1 radical (unpaired) electrons. The number of nitriles is 1. The molecule has 48 heavy (non-hydrogen) atoms. The van der Waals surface area contributed by atoms with Gasteiger partial charge in [-0.05, 0) is 23.8 Å². The molecule has 1 fully saturated rings. The topological polar surface area (TPSA) is 171 Å². The van der Waals surface area contributed by atoms with Gasteiger partial charge in [-0.15, -0.1) is 11.3 Å². The number of likely N-dealkylation sites (tertiary alicyclic amines) is 1. The minimum atomic E-state index is -0.509. The first-order valence-corrected chi connectivity index (χ1v) is 16.2. The Bertz CT molecular complexity index is 1280. The molecule has 3 rings (SSSR count). The van der Waals surface area contributed by atoms with Crippen molar-refractivity contribution in [3.05, 3.63) is 52.0 Å².